The van der Waals surface area contributed by atoms with Crippen LogP contribution in [0.1, 0.15) is 6.92 Å². The molecule has 0 aliphatic carbocycles. The first-order valence-corrected chi connectivity index (χ1v) is 5.51. The van der Waals surface area contributed by atoms with Gasteiger partial charge in [-0.2, -0.15) is 0 Å². The number of para-hydroxylation sites is 1. The van der Waals surface area contributed by atoms with Crippen molar-refractivity contribution < 1.29 is 0 Å². The maximum absolute atomic E-state index is 4.34. The molecule has 0 saturated heterocycles. The minimum Gasteiger partial charge on any atom is -0.299 e. The Morgan fingerprint density at radius 1 is 1.29 bits per heavy atom. The van der Waals surface area contributed by atoms with Gasteiger partial charge in [0.05, 0.1) is 12.2 Å². The molecule has 2 rings (SSSR count). The van der Waals surface area contributed by atoms with Crippen molar-refractivity contribution >= 4 is 22.6 Å². The number of rotatable bonds is 2. The molecule has 1 unspecified atom stereocenters. The van der Waals surface area contributed by atoms with Gasteiger partial charge in [0, 0.05) is 5.25 Å². The number of thioether (sulfide) groups is 1. The minimum absolute atomic E-state index is 0.593. The highest BCUT2D eigenvalue weighted by atomic mass is 32.2. The summed E-state index contributed by atoms with van der Waals surface area (Å²) in [4.78, 5) is 4.34. The highest BCUT2D eigenvalue weighted by Crippen LogP contribution is 2.18. The maximum atomic E-state index is 4.34. The van der Waals surface area contributed by atoms with Crippen LogP contribution in [0, 0.1) is 0 Å². The molecule has 1 aliphatic rings. The van der Waals surface area contributed by atoms with Gasteiger partial charge < -0.3 is 0 Å². The van der Waals surface area contributed by atoms with Crippen LogP contribution >= 0.6 is 11.8 Å². The predicted molar refractivity (Wildman–Crippen MR) is 62.6 cm³/mol. The van der Waals surface area contributed by atoms with E-state index in [1.165, 1.54) is 0 Å². The molecule has 0 bridgehead atoms. The van der Waals surface area contributed by atoms with E-state index in [0.717, 1.165) is 17.4 Å². The van der Waals surface area contributed by atoms with Crippen LogP contribution in [-0.4, -0.2) is 17.0 Å². The van der Waals surface area contributed by atoms with Gasteiger partial charge in [-0.05, 0) is 12.1 Å². The van der Waals surface area contributed by atoms with Crippen molar-refractivity contribution in [3.63, 3.8) is 0 Å². The summed E-state index contributed by atoms with van der Waals surface area (Å²) in [5.74, 6) is 0. The number of amidine groups is 1. The molecule has 1 atom stereocenters. The molecule has 3 nitrogen and oxygen atoms in total. The molecule has 1 aromatic carbocycles. The first-order chi connectivity index (χ1) is 6.84. The van der Waals surface area contributed by atoms with Crippen molar-refractivity contribution in [2.75, 3.05) is 12.0 Å². The molecule has 0 radical (unpaired) electrons. The van der Waals surface area contributed by atoms with Gasteiger partial charge in [-0.25, -0.2) is 0 Å². The Morgan fingerprint density at radius 2 is 2.07 bits per heavy atom. The van der Waals surface area contributed by atoms with E-state index in [9.17, 15) is 0 Å². The molecule has 1 aliphatic heterocycles. The summed E-state index contributed by atoms with van der Waals surface area (Å²) in [6.45, 7) is 3.08. The fourth-order valence-electron chi connectivity index (χ4n) is 1.19. The van der Waals surface area contributed by atoms with E-state index in [-0.39, 0.29) is 0 Å². The van der Waals surface area contributed by atoms with Crippen LogP contribution in [0.5, 0.6) is 0 Å². The molecular weight excluding hydrogens is 194 g/mol. The molecule has 0 aromatic heterocycles. The van der Waals surface area contributed by atoms with Crippen molar-refractivity contribution in [3.8, 4) is 0 Å². The zero-order chi connectivity index (χ0) is 9.80. The number of benzene rings is 1. The first kappa shape index (κ1) is 9.40. The summed E-state index contributed by atoms with van der Waals surface area (Å²) in [6.07, 6.45) is 0. The van der Waals surface area contributed by atoms with E-state index in [0.29, 0.717) is 5.25 Å². The van der Waals surface area contributed by atoms with E-state index < -0.39 is 0 Å². The van der Waals surface area contributed by atoms with Crippen molar-refractivity contribution in [1.29, 1.82) is 0 Å². The van der Waals surface area contributed by atoms with E-state index in [4.69, 9.17) is 0 Å². The van der Waals surface area contributed by atoms with Gasteiger partial charge in [0.15, 0.2) is 5.17 Å². The van der Waals surface area contributed by atoms with Gasteiger partial charge in [0.1, 0.15) is 0 Å². The van der Waals surface area contributed by atoms with Gasteiger partial charge in [-0.3, -0.25) is 15.8 Å². The number of hydrogen-bond acceptors (Lipinski definition) is 4. The highest BCUT2D eigenvalue weighted by Gasteiger charge is 2.13. The predicted octanol–water partition coefficient (Wildman–Crippen LogP) is 2.09. The van der Waals surface area contributed by atoms with Crippen LogP contribution in [0.2, 0.25) is 0 Å². The normalized spacial score (nSPS) is 20.4. The van der Waals surface area contributed by atoms with Crippen molar-refractivity contribution in [2.45, 2.75) is 12.2 Å². The van der Waals surface area contributed by atoms with E-state index >= 15 is 0 Å². The molecule has 0 saturated carbocycles. The lowest BCUT2D eigenvalue weighted by Crippen LogP contribution is -2.25. The third-order valence-electron chi connectivity index (χ3n) is 1.89. The van der Waals surface area contributed by atoms with Gasteiger partial charge in [0.2, 0.25) is 0 Å². The SMILES string of the molecule is CC1CN=C(NNc2ccccc2)S1. The molecule has 2 N–H and O–H groups in total. The highest BCUT2D eigenvalue weighted by molar-refractivity contribution is 8.14. The fraction of sp³-hybridized carbons (Fsp3) is 0.300. The Balaban J connectivity index is 1.84. The number of hydrogen-bond donors (Lipinski definition) is 2. The average Bonchev–Trinajstić information content (AvgIpc) is 2.63. The Bertz CT molecular complexity index is 323. The second-order valence-electron chi connectivity index (χ2n) is 3.19. The van der Waals surface area contributed by atoms with Crippen molar-refractivity contribution in [2.24, 2.45) is 4.99 Å². The number of aliphatic imine (C=N–C) groups is 1. The first-order valence-electron chi connectivity index (χ1n) is 4.63. The number of nitrogens with zero attached hydrogens (tertiary/aromatic N) is 1. The largest absolute Gasteiger partial charge is 0.299 e. The Morgan fingerprint density at radius 3 is 2.71 bits per heavy atom. The summed E-state index contributed by atoms with van der Waals surface area (Å²) in [5.41, 5.74) is 7.25. The lowest BCUT2D eigenvalue weighted by Gasteiger charge is -2.08. The van der Waals surface area contributed by atoms with Gasteiger partial charge in [-0.1, -0.05) is 36.9 Å². The van der Waals surface area contributed by atoms with Crippen molar-refractivity contribution in [1.82, 2.24) is 5.43 Å². The van der Waals surface area contributed by atoms with Gasteiger partial charge in [0.25, 0.3) is 0 Å². The third-order valence-corrected chi connectivity index (χ3v) is 2.90. The summed E-state index contributed by atoms with van der Waals surface area (Å²) < 4.78 is 0. The fourth-order valence-corrected chi connectivity index (χ4v) is 1.98. The molecule has 74 valence electrons. The number of nitrogens with one attached hydrogen (secondary N) is 2. The number of anilines is 1. The zero-order valence-corrected chi connectivity index (χ0v) is 8.84. The van der Waals surface area contributed by atoms with Crippen LogP contribution in [0.4, 0.5) is 5.69 Å². The monoisotopic (exact) mass is 207 g/mol. The second kappa shape index (κ2) is 4.37. The molecular formula is C10H13N3S. The van der Waals surface area contributed by atoms with E-state index in [1.54, 1.807) is 11.8 Å². The second-order valence-corrected chi connectivity index (χ2v) is 4.62. The van der Waals surface area contributed by atoms with Gasteiger partial charge >= 0.3 is 0 Å². The Kier molecular flexibility index (Phi) is 2.93. The van der Waals surface area contributed by atoms with Crippen LogP contribution in [0.15, 0.2) is 35.3 Å². The summed E-state index contributed by atoms with van der Waals surface area (Å²) in [6, 6.07) is 10.0. The summed E-state index contributed by atoms with van der Waals surface area (Å²) >= 11 is 1.76. The standard InChI is InChI=1S/C10H13N3S/c1-8-7-11-10(14-8)13-12-9-5-3-2-4-6-9/h2-6,8,12H,7H2,1H3,(H,11,13). The summed E-state index contributed by atoms with van der Waals surface area (Å²) in [5, 5.41) is 1.57. The topological polar surface area (TPSA) is 36.4 Å². The zero-order valence-electron chi connectivity index (χ0n) is 8.03. The van der Waals surface area contributed by atoms with Crippen molar-refractivity contribution in [3.05, 3.63) is 30.3 Å². The molecule has 0 amide bonds. The Hall–Kier alpha value is -1.16. The minimum atomic E-state index is 0.593. The van der Waals surface area contributed by atoms with Crippen LogP contribution in [0.3, 0.4) is 0 Å². The third kappa shape index (κ3) is 2.42. The lowest BCUT2D eigenvalue weighted by atomic mass is 10.3. The van der Waals surface area contributed by atoms with Gasteiger partial charge in [-0.15, -0.1) is 0 Å². The lowest BCUT2D eigenvalue weighted by molar-refractivity contribution is 0.969. The maximum Gasteiger partial charge on any atom is 0.175 e. The molecule has 1 heterocycles. The molecule has 14 heavy (non-hydrogen) atoms. The molecule has 0 spiro atoms. The van der Waals surface area contributed by atoms with Crippen LogP contribution in [-0.2, 0) is 0 Å². The summed E-state index contributed by atoms with van der Waals surface area (Å²) in [7, 11) is 0. The molecule has 4 heteroatoms. The number of hydrazine groups is 1. The smallest absolute Gasteiger partial charge is 0.175 e. The van der Waals surface area contributed by atoms with Crippen LogP contribution in [0.25, 0.3) is 0 Å². The van der Waals surface area contributed by atoms with E-state index in [2.05, 4.69) is 22.8 Å². The quantitative estimate of drug-likeness (QED) is 0.729. The van der Waals surface area contributed by atoms with Crippen LogP contribution < -0.4 is 10.9 Å². The average molecular weight is 207 g/mol. The molecule has 0 fully saturated rings. The molecule has 1 aromatic rings. The van der Waals surface area contributed by atoms with E-state index in [1.807, 2.05) is 30.3 Å². The Labute approximate surface area is 88.0 Å².